The summed E-state index contributed by atoms with van der Waals surface area (Å²) in [6, 6.07) is 3.79. The molecular weight excluding hydrogens is 250 g/mol. The third-order valence-corrected chi connectivity index (χ3v) is 4.00. The van der Waals surface area contributed by atoms with Crippen LogP contribution in [0, 0.1) is 5.92 Å². The third-order valence-electron chi connectivity index (χ3n) is 3.69. The summed E-state index contributed by atoms with van der Waals surface area (Å²) in [5.74, 6) is 2.33. The molecule has 0 bridgehead atoms. The van der Waals surface area contributed by atoms with E-state index >= 15 is 0 Å². The standard InChI is InChI=1S/C14H18ClNO2/c15-11-7-13-14(18-6-5-17-13)8-12(11)16-9-10-3-1-2-4-10/h7-8,10,16H,1-6,9H2. The molecule has 1 fully saturated rings. The quantitative estimate of drug-likeness (QED) is 0.906. The van der Waals surface area contributed by atoms with Gasteiger partial charge in [-0.2, -0.15) is 0 Å². The fourth-order valence-electron chi connectivity index (χ4n) is 2.67. The number of halogens is 1. The molecule has 0 aromatic heterocycles. The predicted octanol–water partition coefficient (Wildman–Crippen LogP) is 3.71. The van der Waals surface area contributed by atoms with E-state index in [2.05, 4.69) is 5.32 Å². The highest BCUT2D eigenvalue weighted by Gasteiger charge is 2.17. The van der Waals surface area contributed by atoms with E-state index in [4.69, 9.17) is 21.1 Å². The molecule has 18 heavy (non-hydrogen) atoms. The summed E-state index contributed by atoms with van der Waals surface area (Å²) in [4.78, 5) is 0. The van der Waals surface area contributed by atoms with Crippen molar-refractivity contribution < 1.29 is 9.47 Å². The summed E-state index contributed by atoms with van der Waals surface area (Å²) in [6.45, 7) is 2.20. The van der Waals surface area contributed by atoms with Crippen molar-refractivity contribution >= 4 is 17.3 Å². The van der Waals surface area contributed by atoms with Gasteiger partial charge in [-0.3, -0.25) is 0 Å². The zero-order chi connectivity index (χ0) is 12.4. The van der Waals surface area contributed by atoms with Crippen LogP contribution in [0.4, 0.5) is 5.69 Å². The first-order valence-corrected chi connectivity index (χ1v) is 7.04. The average molecular weight is 268 g/mol. The number of rotatable bonds is 3. The molecule has 98 valence electrons. The molecule has 3 nitrogen and oxygen atoms in total. The Morgan fingerprint density at radius 1 is 1.11 bits per heavy atom. The summed E-state index contributed by atoms with van der Waals surface area (Å²) >= 11 is 6.25. The van der Waals surface area contributed by atoms with Gasteiger partial charge < -0.3 is 14.8 Å². The molecule has 1 saturated carbocycles. The Hall–Kier alpha value is -1.09. The number of hydrogen-bond acceptors (Lipinski definition) is 3. The van der Waals surface area contributed by atoms with Crippen molar-refractivity contribution in [1.29, 1.82) is 0 Å². The van der Waals surface area contributed by atoms with Gasteiger partial charge in [-0.1, -0.05) is 24.4 Å². The van der Waals surface area contributed by atoms with Crippen molar-refractivity contribution in [3.63, 3.8) is 0 Å². The molecule has 1 aliphatic carbocycles. The van der Waals surface area contributed by atoms with Crippen molar-refractivity contribution in [2.75, 3.05) is 25.1 Å². The SMILES string of the molecule is Clc1cc2c(cc1NCC1CCCC1)OCCO2. The smallest absolute Gasteiger partial charge is 0.163 e. The second-order valence-electron chi connectivity index (χ2n) is 5.01. The zero-order valence-electron chi connectivity index (χ0n) is 10.4. The molecule has 1 N–H and O–H groups in total. The summed E-state index contributed by atoms with van der Waals surface area (Å²) in [7, 11) is 0. The van der Waals surface area contributed by atoms with Gasteiger partial charge in [0, 0.05) is 18.7 Å². The zero-order valence-corrected chi connectivity index (χ0v) is 11.1. The number of nitrogens with one attached hydrogen (secondary N) is 1. The van der Waals surface area contributed by atoms with Crippen LogP contribution in [0.5, 0.6) is 11.5 Å². The summed E-state index contributed by atoms with van der Waals surface area (Å²) in [5.41, 5.74) is 0.952. The number of anilines is 1. The van der Waals surface area contributed by atoms with Crippen molar-refractivity contribution in [3.8, 4) is 11.5 Å². The second kappa shape index (κ2) is 5.27. The normalized spacial score (nSPS) is 18.9. The van der Waals surface area contributed by atoms with E-state index in [9.17, 15) is 0 Å². The molecule has 0 spiro atoms. The van der Waals surface area contributed by atoms with E-state index in [0.717, 1.165) is 29.6 Å². The number of benzene rings is 1. The highest BCUT2D eigenvalue weighted by atomic mass is 35.5. The fourth-order valence-corrected chi connectivity index (χ4v) is 2.89. The van der Waals surface area contributed by atoms with E-state index in [1.54, 1.807) is 0 Å². The van der Waals surface area contributed by atoms with E-state index in [0.29, 0.717) is 18.2 Å². The van der Waals surface area contributed by atoms with E-state index in [-0.39, 0.29) is 0 Å². The first-order chi connectivity index (χ1) is 8.83. The lowest BCUT2D eigenvalue weighted by Gasteiger charge is -2.21. The summed E-state index contributed by atoms with van der Waals surface area (Å²) in [5, 5.41) is 4.14. The highest BCUT2D eigenvalue weighted by Crippen LogP contribution is 2.38. The van der Waals surface area contributed by atoms with Crippen molar-refractivity contribution in [3.05, 3.63) is 17.2 Å². The van der Waals surface area contributed by atoms with Gasteiger partial charge in [0.05, 0.1) is 10.7 Å². The predicted molar refractivity (Wildman–Crippen MR) is 72.9 cm³/mol. The van der Waals surface area contributed by atoms with Crippen LogP contribution in [-0.2, 0) is 0 Å². The van der Waals surface area contributed by atoms with Gasteiger partial charge in [-0.05, 0) is 18.8 Å². The lowest BCUT2D eigenvalue weighted by Crippen LogP contribution is -2.16. The number of fused-ring (bicyclic) bond motifs is 1. The lowest BCUT2D eigenvalue weighted by atomic mass is 10.1. The number of ether oxygens (including phenoxy) is 2. The number of hydrogen-bond donors (Lipinski definition) is 1. The minimum atomic E-state index is 0.595. The molecular formula is C14H18ClNO2. The van der Waals surface area contributed by atoms with E-state index < -0.39 is 0 Å². The first-order valence-electron chi connectivity index (χ1n) is 6.66. The van der Waals surface area contributed by atoms with Crippen LogP contribution < -0.4 is 14.8 Å². The summed E-state index contributed by atoms with van der Waals surface area (Å²) in [6.07, 6.45) is 5.38. The van der Waals surface area contributed by atoms with Crippen LogP contribution in [-0.4, -0.2) is 19.8 Å². The molecule has 0 atom stereocenters. The Balaban J connectivity index is 1.70. The maximum absolute atomic E-state index is 6.25. The van der Waals surface area contributed by atoms with Crippen molar-refractivity contribution in [2.45, 2.75) is 25.7 Å². The second-order valence-corrected chi connectivity index (χ2v) is 5.41. The van der Waals surface area contributed by atoms with E-state index in [1.807, 2.05) is 12.1 Å². The average Bonchev–Trinajstić information content (AvgIpc) is 2.89. The molecule has 0 radical (unpaired) electrons. The Bertz CT molecular complexity index is 430. The molecule has 1 aliphatic heterocycles. The maximum Gasteiger partial charge on any atom is 0.163 e. The molecule has 0 unspecified atom stereocenters. The van der Waals surface area contributed by atoms with Crippen LogP contribution in [0.25, 0.3) is 0 Å². The topological polar surface area (TPSA) is 30.5 Å². The van der Waals surface area contributed by atoms with Crippen LogP contribution in [0.1, 0.15) is 25.7 Å². The Morgan fingerprint density at radius 2 is 1.78 bits per heavy atom. The van der Waals surface area contributed by atoms with Gasteiger partial charge in [0.1, 0.15) is 13.2 Å². The van der Waals surface area contributed by atoms with E-state index in [1.165, 1.54) is 25.7 Å². The van der Waals surface area contributed by atoms with Crippen molar-refractivity contribution in [1.82, 2.24) is 0 Å². The molecule has 2 aliphatic rings. The maximum atomic E-state index is 6.25. The Morgan fingerprint density at radius 3 is 2.50 bits per heavy atom. The van der Waals surface area contributed by atoms with Crippen LogP contribution in [0.2, 0.25) is 5.02 Å². The molecule has 4 heteroatoms. The Labute approximate surface area is 112 Å². The van der Waals surface area contributed by atoms with Crippen molar-refractivity contribution in [2.24, 2.45) is 5.92 Å². The fraction of sp³-hybridized carbons (Fsp3) is 0.571. The van der Waals surface area contributed by atoms with Gasteiger partial charge in [0.2, 0.25) is 0 Å². The first kappa shape index (κ1) is 12.0. The third kappa shape index (κ3) is 2.51. The molecule has 1 heterocycles. The Kier molecular flexibility index (Phi) is 3.50. The highest BCUT2D eigenvalue weighted by molar-refractivity contribution is 6.33. The monoisotopic (exact) mass is 267 g/mol. The molecule has 3 rings (SSSR count). The van der Waals surface area contributed by atoms with Gasteiger partial charge >= 0.3 is 0 Å². The summed E-state index contributed by atoms with van der Waals surface area (Å²) < 4.78 is 11.1. The minimum Gasteiger partial charge on any atom is -0.486 e. The lowest BCUT2D eigenvalue weighted by molar-refractivity contribution is 0.171. The van der Waals surface area contributed by atoms with Crippen LogP contribution >= 0.6 is 11.6 Å². The molecule has 0 saturated heterocycles. The van der Waals surface area contributed by atoms with Gasteiger partial charge in [0.25, 0.3) is 0 Å². The van der Waals surface area contributed by atoms with Crippen LogP contribution in [0.3, 0.4) is 0 Å². The van der Waals surface area contributed by atoms with Gasteiger partial charge in [-0.15, -0.1) is 0 Å². The van der Waals surface area contributed by atoms with Gasteiger partial charge in [-0.25, -0.2) is 0 Å². The minimum absolute atomic E-state index is 0.595. The van der Waals surface area contributed by atoms with Gasteiger partial charge in [0.15, 0.2) is 11.5 Å². The van der Waals surface area contributed by atoms with Crippen LogP contribution in [0.15, 0.2) is 12.1 Å². The largest absolute Gasteiger partial charge is 0.486 e. The molecule has 1 aromatic carbocycles. The molecule has 1 aromatic rings. The molecule has 0 amide bonds.